The SMILES string of the molecule is CC(=O)Nc1ccc(C(N)C(=O)NC2C(=O)N3C(C(=O)O)=C(CSc4nnc(C)s4)CS[C@@H]23)cc1. The number of β-lactam (4-membered cyclic amide) rings is 1. The summed E-state index contributed by atoms with van der Waals surface area (Å²) < 4.78 is 0.728. The lowest BCUT2D eigenvalue weighted by molar-refractivity contribution is -0.150. The van der Waals surface area contributed by atoms with Gasteiger partial charge in [-0.2, -0.15) is 0 Å². The molecule has 5 N–H and O–H groups in total. The number of fused-ring (bicyclic) bond motifs is 1. The fourth-order valence-corrected chi connectivity index (χ4v) is 6.95. The van der Waals surface area contributed by atoms with Crippen LogP contribution in [-0.2, 0) is 19.2 Å². The first-order valence-corrected chi connectivity index (χ1v) is 13.3. The second-order valence-electron chi connectivity index (χ2n) is 7.81. The summed E-state index contributed by atoms with van der Waals surface area (Å²) in [4.78, 5) is 50.0. The molecule has 0 bridgehead atoms. The largest absolute Gasteiger partial charge is 0.477 e. The zero-order chi connectivity index (χ0) is 25.3. The summed E-state index contributed by atoms with van der Waals surface area (Å²) in [7, 11) is 0. The molecule has 1 fully saturated rings. The maximum Gasteiger partial charge on any atom is 0.352 e. The van der Waals surface area contributed by atoms with Crippen LogP contribution in [-0.4, -0.2) is 66.8 Å². The number of carbonyl (C=O) groups excluding carboxylic acids is 3. The highest BCUT2D eigenvalue weighted by molar-refractivity contribution is 8.01. The number of nitrogens with one attached hydrogen (secondary N) is 2. The molecule has 35 heavy (non-hydrogen) atoms. The van der Waals surface area contributed by atoms with Gasteiger partial charge in [-0.25, -0.2) is 4.79 Å². The van der Waals surface area contributed by atoms with Gasteiger partial charge in [0, 0.05) is 24.1 Å². The van der Waals surface area contributed by atoms with Crippen LogP contribution in [0.4, 0.5) is 5.69 Å². The van der Waals surface area contributed by atoms with E-state index in [-0.39, 0.29) is 11.6 Å². The Morgan fingerprint density at radius 3 is 2.60 bits per heavy atom. The maximum absolute atomic E-state index is 12.9. The molecule has 2 aliphatic heterocycles. The van der Waals surface area contributed by atoms with Crippen LogP contribution in [0, 0.1) is 6.92 Å². The number of aliphatic carboxylic acids is 1. The van der Waals surface area contributed by atoms with E-state index in [1.165, 1.54) is 46.7 Å². The van der Waals surface area contributed by atoms with Crippen molar-refractivity contribution in [1.29, 1.82) is 0 Å². The van der Waals surface area contributed by atoms with Crippen molar-refractivity contribution in [2.75, 3.05) is 16.8 Å². The fraction of sp³-hybridized carbons (Fsp3) is 0.333. The molecule has 1 saturated heterocycles. The number of carboxylic acids is 1. The van der Waals surface area contributed by atoms with Crippen LogP contribution in [0.15, 0.2) is 39.9 Å². The molecule has 0 spiro atoms. The lowest BCUT2D eigenvalue weighted by Gasteiger charge is -2.49. The summed E-state index contributed by atoms with van der Waals surface area (Å²) in [5.74, 6) is -1.67. The highest BCUT2D eigenvalue weighted by atomic mass is 32.2. The van der Waals surface area contributed by atoms with E-state index in [0.29, 0.717) is 28.3 Å². The zero-order valence-electron chi connectivity index (χ0n) is 18.7. The van der Waals surface area contributed by atoms with E-state index in [1.807, 2.05) is 6.92 Å². The van der Waals surface area contributed by atoms with Crippen LogP contribution in [0.1, 0.15) is 23.5 Å². The predicted molar refractivity (Wildman–Crippen MR) is 133 cm³/mol. The van der Waals surface area contributed by atoms with E-state index in [1.54, 1.807) is 24.3 Å². The third-order valence-electron chi connectivity index (χ3n) is 5.30. The maximum atomic E-state index is 12.9. The number of aromatic nitrogens is 2. The van der Waals surface area contributed by atoms with Crippen molar-refractivity contribution in [3.63, 3.8) is 0 Å². The number of nitrogens with zero attached hydrogens (tertiary/aromatic N) is 3. The highest BCUT2D eigenvalue weighted by Crippen LogP contribution is 2.42. The first-order chi connectivity index (χ1) is 16.7. The molecule has 11 nitrogen and oxygen atoms in total. The number of benzene rings is 1. The molecule has 3 atom stereocenters. The summed E-state index contributed by atoms with van der Waals surface area (Å²) in [6, 6.07) is 4.59. The molecular weight excluding hydrogens is 512 g/mol. The van der Waals surface area contributed by atoms with Crippen molar-refractivity contribution < 1.29 is 24.3 Å². The Balaban J connectivity index is 1.41. The minimum atomic E-state index is -1.19. The van der Waals surface area contributed by atoms with Gasteiger partial charge >= 0.3 is 5.97 Å². The third-order valence-corrected chi connectivity index (χ3v) is 8.70. The Morgan fingerprint density at radius 1 is 1.29 bits per heavy atom. The van der Waals surface area contributed by atoms with Gasteiger partial charge in [0.05, 0.1) is 0 Å². The molecular formula is C21H22N6O5S3. The molecule has 0 aliphatic carbocycles. The third kappa shape index (κ3) is 5.34. The number of aryl methyl sites for hydroxylation is 1. The van der Waals surface area contributed by atoms with Crippen molar-refractivity contribution in [2.45, 2.75) is 35.6 Å². The molecule has 0 saturated carbocycles. The summed E-state index contributed by atoms with van der Waals surface area (Å²) in [6.07, 6.45) is 0. The van der Waals surface area contributed by atoms with E-state index < -0.39 is 35.2 Å². The molecule has 1 aromatic heterocycles. The monoisotopic (exact) mass is 534 g/mol. The van der Waals surface area contributed by atoms with Crippen LogP contribution < -0.4 is 16.4 Å². The van der Waals surface area contributed by atoms with Crippen LogP contribution in [0.3, 0.4) is 0 Å². The van der Waals surface area contributed by atoms with Gasteiger partial charge in [0.15, 0.2) is 4.34 Å². The fourth-order valence-electron chi connectivity index (χ4n) is 3.65. The molecule has 2 unspecified atom stereocenters. The minimum Gasteiger partial charge on any atom is -0.477 e. The Kier molecular flexibility index (Phi) is 7.44. The van der Waals surface area contributed by atoms with E-state index in [9.17, 15) is 24.3 Å². The Bertz CT molecular complexity index is 1210. The lowest BCUT2D eigenvalue weighted by atomic mass is 10.0. The second kappa shape index (κ2) is 10.4. The Hall–Kier alpha value is -2.94. The van der Waals surface area contributed by atoms with Gasteiger partial charge in [-0.1, -0.05) is 35.2 Å². The van der Waals surface area contributed by atoms with Crippen LogP contribution in [0.2, 0.25) is 0 Å². The van der Waals surface area contributed by atoms with Crippen molar-refractivity contribution in [2.24, 2.45) is 5.73 Å². The number of amides is 3. The lowest BCUT2D eigenvalue weighted by Crippen LogP contribution is -2.71. The topological polar surface area (TPSA) is 168 Å². The smallest absolute Gasteiger partial charge is 0.352 e. The normalized spacial score (nSPS) is 20.1. The van der Waals surface area contributed by atoms with E-state index in [0.717, 1.165) is 9.35 Å². The van der Waals surface area contributed by atoms with Crippen molar-refractivity contribution in [3.8, 4) is 0 Å². The average Bonchev–Trinajstić information content (AvgIpc) is 3.24. The Morgan fingerprint density at radius 2 is 2.00 bits per heavy atom. The molecule has 4 rings (SSSR count). The van der Waals surface area contributed by atoms with E-state index in [4.69, 9.17) is 5.73 Å². The summed E-state index contributed by atoms with van der Waals surface area (Å²) in [6.45, 7) is 3.23. The van der Waals surface area contributed by atoms with Gasteiger partial charge < -0.3 is 21.5 Å². The van der Waals surface area contributed by atoms with Crippen molar-refractivity contribution in [1.82, 2.24) is 20.4 Å². The summed E-state index contributed by atoms with van der Waals surface area (Å²) in [5.41, 5.74) is 7.73. The van der Waals surface area contributed by atoms with Crippen molar-refractivity contribution >= 4 is 64.2 Å². The number of rotatable bonds is 8. The zero-order valence-corrected chi connectivity index (χ0v) is 21.1. The number of carbonyl (C=O) groups is 4. The molecule has 0 radical (unpaired) electrons. The predicted octanol–water partition coefficient (Wildman–Crippen LogP) is 1.34. The van der Waals surface area contributed by atoms with Gasteiger partial charge in [-0.15, -0.1) is 22.0 Å². The average molecular weight is 535 g/mol. The van der Waals surface area contributed by atoms with Crippen LogP contribution >= 0.6 is 34.9 Å². The summed E-state index contributed by atoms with van der Waals surface area (Å²) in [5, 5.41) is 23.4. The van der Waals surface area contributed by atoms with Gasteiger partial charge in [-0.05, 0) is 30.2 Å². The number of anilines is 1. The van der Waals surface area contributed by atoms with Crippen LogP contribution in [0.5, 0.6) is 0 Å². The minimum absolute atomic E-state index is 0.0455. The van der Waals surface area contributed by atoms with Gasteiger partial charge in [0.2, 0.25) is 11.8 Å². The Labute approximate surface area is 212 Å². The molecule has 3 heterocycles. The number of carboxylic acid groups (broad SMARTS) is 1. The first kappa shape index (κ1) is 25.2. The number of thioether (sulfide) groups is 2. The van der Waals surface area contributed by atoms with Gasteiger partial charge in [-0.3, -0.25) is 19.3 Å². The standard InChI is InChI=1S/C21H22N6O5S3/c1-9(28)23-13-5-3-11(4-6-13)14(22)17(29)24-15-18(30)27-16(20(31)32)12(7-33-19(15)27)8-34-21-26-25-10(2)35-21/h3-6,14-15,19H,7-8,22H2,1-2H3,(H,23,28)(H,24,29)(H,31,32)/t14?,15?,19-/m0/s1. The molecule has 3 amide bonds. The van der Waals surface area contributed by atoms with Crippen molar-refractivity contribution in [3.05, 3.63) is 46.1 Å². The molecule has 2 aromatic rings. The second-order valence-corrected chi connectivity index (χ2v) is 11.3. The summed E-state index contributed by atoms with van der Waals surface area (Å²) >= 11 is 4.19. The van der Waals surface area contributed by atoms with E-state index in [2.05, 4.69) is 20.8 Å². The molecule has 1 aromatic carbocycles. The highest BCUT2D eigenvalue weighted by Gasteiger charge is 2.54. The quantitative estimate of drug-likeness (QED) is 0.286. The number of nitrogens with two attached hydrogens (primary N) is 1. The number of hydrogen-bond donors (Lipinski definition) is 4. The first-order valence-electron chi connectivity index (χ1n) is 10.4. The van der Waals surface area contributed by atoms with E-state index >= 15 is 0 Å². The van der Waals surface area contributed by atoms with Gasteiger partial charge in [0.1, 0.15) is 28.2 Å². The molecule has 184 valence electrons. The molecule has 2 aliphatic rings. The number of hydrogen-bond acceptors (Lipinski definition) is 10. The molecule has 14 heteroatoms. The van der Waals surface area contributed by atoms with Gasteiger partial charge in [0.25, 0.3) is 5.91 Å². The van der Waals surface area contributed by atoms with Crippen LogP contribution in [0.25, 0.3) is 0 Å².